The Kier molecular flexibility index (Phi) is 4.39. The number of hydrogen-bond donors (Lipinski definition) is 1. The minimum atomic E-state index is -0.750. The molecule has 86 valence electrons. The van der Waals surface area contributed by atoms with Crippen LogP contribution < -0.4 is 0 Å². The summed E-state index contributed by atoms with van der Waals surface area (Å²) in [4.78, 5) is 1.99. The van der Waals surface area contributed by atoms with Crippen molar-refractivity contribution in [3.05, 3.63) is 35.9 Å². The lowest BCUT2D eigenvalue weighted by atomic mass is 9.99. The second-order valence-corrected chi connectivity index (χ2v) is 4.22. The molecule has 0 radical (unpaired) electrons. The fraction of sp³-hybridized carbons (Fsp3) is 0.500. The van der Waals surface area contributed by atoms with E-state index >= 15 is 0 Å². The zero-order chi connectivity index (χ0) is 11.2. The van der Waals surface area contributed by atoms with Gasteiger partial charge in [0.15, 0.2) is 0 Å². The molecular weight excluding hydrogens is 201 g/mol. The Morgan fingerprint density at radius 2 is 1.81 bits per heavy atom. The van der Waals surface area contributed by atoms with Crippen LogP contribution >= 0.6 is 0 Å². The van der Waals surface area contributed by atoms with Gasteiger partial charge in [-0.05, 0) is 31.5 Å². The van der Waals surface area contributed by atoms with E-state index in [1.54, 1.807) is 0 Å². The van der Waals surface area contributed by atoms with Crippen LogP contribution in [0.4, 0.5) is 0 Å². The van der Waals surface area contributed by atoms with Crippen molar-refractivity contribution in [2.75, 3.05) is 13.1 Å². The van der Waals surface area contributed by atoms with Gasteiger partial charge in [-0.25, -0.2) is 0 Å². The highest BCUT2D eigenvalue weighted by Gasteiger charge is 2.25. The van der Waals surface area contributed by atoms with E-state index in [0.717, 1.165) is 31.5 Å². The van der Waals surface area contributed by atoms with Crippen LogP contribution in [0.1, 0.15) is 24.8 Å². The third-order valence-corrected chi connectivity index (χ3v) is 2.94. The average Bonchev–Trinajstić information content (AvgIpc) is 2.38. The summed E-state index contributed by atoms with van der Waals surface area (Å²) in [7, 11) is -0.750. The Bertz CT molecular complexity index is 301. The van der Waals surface area contributed by atoms with Crippen molar-refractivity contribution in [3.8, 4) is 0 Å². The van der Waals surface area contributed by atoms with Crippen molar-refractivity contribution in [3.63, 3.8) is 0 Å². The first-order chi connectivity index (χ1) is 7.86. The molecule has 1 saturated heterocycles. The van der Waals surface area contributed by atoms with Crippen LogP contribution in [0.5, 0.6) is 0 Å². The van der Waals surface area contributed by atoms with Gasteiger partial charge in [0.2, 0.25) is 0 Å². The van der Waals surface area contributed by atoms with Crippen LogP contribution in [0.2, 0.25) is 0 Å². The van der Waals surface area contributed by atoms with E-state index < -0.39 is 7.25 Å². The number of rotatable bonds is 4. The molecule has 2 rings (SSSR count). The fourth-order valence-corrected chi connectivity index (χ4v) is 1.99. The Hall–Kier alpha value is -0.835. The minimum Gasteiger partial charge on any atom is -0.413 e. The first-order valence-electron chi connectivity index (χ1n) is 5.94. The number of piperidine rings is 1. The molecule has 1 aromatic carbocycles. The van der Waals surface area contributed by atoms with E-state index in [1.807, 2.05) is 35.1 Å². The maximum atomic E-state index is 9.84. The van der Waals surface area contributed by atoms with E-state index in [9.17, 15) is 5.02 Å². The zero-order valence-corrected chi connectivity index (χ0v) is 9.51. The van der Waals surface area contributed by atoms with Gasteiger partial charge in [-0.1, -0.05) is 36.8 Å². The second-order valence-electron chi connectivity index (χ2n) is 4.22. The molecule has 0 amide bonds. The van der Waals surface area contributed by atoms with Gasteiger partial charge in [-0.3, -0.25) is 4.81 Å². The van der Waals surface area contributed by atoms with Crippen LogP contribution in [0, 0.1) is 0 Å². The maximum absolute atomic E-state index is 9.84. The summed E-state index contributed by atoms with van der Waals surface area (Å²) in [5, 5.41) is 9.84. The van der Waals surface area contributed by atoms with E-state index in [-0.39, 0.29) is 0 Å². The molecule has 0 atom stereocenters. The van der Waals surface area contributed by atoms with E-state index in [4.69, 9.17) is 4.65 Å². The third-order valence-electron chi connectivity index (χ3n) is 2.94. The van der Waals surface area contributed by atoms with Gasteiger partial charge in [0.25, 0.3) is 0 Å². The normalized spacial score (nSPS) is 17.3. The smallest absolute Gasteiger partial charge is 0.413 e. The summed E-state index contributed by atoms with van der Waals surface area (Å²) >= 11 is 0. The summed E-state index contributed by atoms with van der Waals surface area (Å²) in [5.74, 6) is 0. The molecule has 1 fully saturated rings. The van der Waals surface area contributed by atoms with Gasteiger partial charge >= 0.3 is 7.25 Å². The van der Waals surface area contributed by atoms with Crippen molar-refractivity contribution in [1.29, 1.82) is 0 Å². The highest BCUT2D eigenvalue weighted by molar-refractivity contribution is 6.39. The minimum absolute atomic E-state index is 0.471. The van der Waals surface area contributed by atoms with Crippen LogP contribution in [0.25, 0.3) is 0 Å². The summed E-state index contributed by atoms with van der Waals surface area (Å²) < 4.78 is 5.45. The molecule has 0 spiro atoms. The summed E-state index contributed by atoms with van der Waals surface area (Å²) in [6, 6.07) is 9.94. The van der Waals surface area contributed by atoms with Crippen molar-refractivity contribution in [2.24, 2.45) is 0 Å². The third kappa shape index (κ3) is 3.34. The molecular formula is C12H18BNO2. The number of nitrogens with zero attached hydrogens (tertiary/aromatic N) is 1. The molecule has 0 bridgehead atoms. The maximum Gasteiger partial charge on any atom is 0.555 e. The molecule has 0 aromatic heterocycles. The van der Waals surface area contributed by atoms with Crippen molar-refractivity contribution < 1.29 is 9.68 Å². The van der Waals surface area contributed by atoms with E-state index in [1.165, 1.54) is 6.42 Å². The van der Waals surface area contributed by atoms with Gasteiger partial charge < -0.3 is 9.68 Å². The highest BCUT2D eigenvalue weighted by atomic mass is 16.5. The predicted molar refractivity (Wildman–Crippen MR) is 64.6 cm³/mol. The molecule has 0 unspecified atom stereocenters. The molecule has 1 heterocycles. The zero-order valence-electron chi connectivity index (χ0n) is 9.51. The lowest BCUT2D eigenvalue weighted by Gasteiger charge is -2.27. The number of benzene rings is 1. The summed E-state index contributed by atoms with van der Waals surface area (Å²) in [5.41, 5.74) is 1.10. The van der Waals surface area contributed by atoms with E-state index in [0.29, 0.717) is 6.61 Å². The monoisotopic (exact) mass is 219 g/mol. The lowest BCUT2D eigenvalue weighted by molar-refractivity contribution is 0.170. The summed E-state index contributed by atoms with van der Waals surface area (Å²) in [6.45, 7) is 2.35. The van der Waals surface area contributed by atoms with Crippen LogP contribution in [-0.2, 0) is 11.3 Å². The predicted octanol–water partition coefficient (Wildman–Crippen LogP) is 1.67. The van der Waals surface area contributed by atoms with Gasteiger partial charge in [-0.2, -0.15) is 0 Å². The Morgan fingerprint density at radius 3 is 2.50 bits per heavy atom. The first-order valence-corrected chi connectivity index (χ1v) is 5.94. The molecule has 3 nitrogen and oxygen atoms in total. The second kappa shape index (κ2) is 6.04. The van der Waals surface area contributed by atoms with Gasteiger partial charge in [0.05, 0.1) is 6.61 Å². The van der Waals surface area contributed by atoms with Crippen molar-refractivity contribution in [2.45, 2.75) is 25.9 Å². The lowest BCUT2D eigenvalue weighted by Crippen LogP contribution is -2.44. The molecule has 1 aromatic rings. The molecule has 16 heavy (non-hydrogen) atoms. The van der Waals surface area contributed by atoms with Gasteiger partial charge in [0, 0.05) is 0 Å². The Balaban J connectivity index is 1.76. The van der Waals surface area contributed by atoms with Crippen molar-refractivity contribution in [1.82, 2.24) is 4.81 Å². The van der Waals surface area contributed by atoms with E-state index in [2.05, 4.69) is 0 Å². The quantitative estimate of drug-likeness (QED) is 0.781. The molecule has 0 aliphatic carbocycles. The molecule has 1 aliphatic rings. The van der Waals surface area contributed by atoms with Crippen LogP contribution in [0.15, 0.2) is 30.3 Å². The van der Waals surface area contributed by atoms with Gasteiger partial charge in [0.1, 0.15) is 0 Å². The first kappa shape index (κ1) is 11.6. The largest absolute Gasteiger partial charge is 0.555 e. The SMILES string of the molecule is OB(OCc1ccccc1)N1CCCCC1. The molecule has 0 saturated carbocycles. The van der Waals surface area contributed by atoms with Gasteiger partial charge in [-0.15, -0.1) is 0 Å². The Morgan fingerprint density at radius 1 is 1.12 bits per heavy atom. The number of hydrogen-bond acceptors (Lipinski definition) is 3. The highest BCUT2D eigenvalue weighted by Crippen LogP contribution is 2.11. The standard InChI is InChI=1S/C12H18BNO2/c15-13(14-9-5-2-6-10-14)16-11-12-7-3-1-4-8-12/h1,3-4,7-8,15H,2,5-6,9-11H2. The van der Waals surface area contributed by atoms with Crippen LogP contribution in [0.3, 0.4) is 0 Å². The molecule has 4 heteroatoms. The summed E-state index contributed by atoms with van der Waals surface area (Å²) in [6.07, 6.45) is 3.58. The average molecular weight is 219 g/mol. The topological polar surface area (TPSA) is 32.7 Å². The molecule has 1 N–H and O–H groups in total. The van der Waals surface area contributed by atoms with Crippen LogP contribution in [-0.4, -0.2) is 30.2 Å². The molecule has 1 aliphatic heterocycles. The Labute approximate surface area is 97.2 Å². The fourth-order valence-electron chi connectivity index (χ4n) is 1.99. The van der Waals surface area contributed by atoms with Crippen molar-refractivity contribution >= 4 is 7.25 Å².